The van der Waals surface area contributed by atoms with Gasteiger partial charge in [0.05, 0.1) is 0 Å². The number of rotatable bonds is 5. The van der Waals surface area contributed by atoms with Crippen molar-refractivity contribution in [2.45, 2.75) is 42.5 Å². The Labute approximate surface area is 118 Å². The fourth-order valence-corrected chi connectivity index (χ4v) is 6.12. The van der Waals surface area contributed by atoms with E-state index < -0.39 is 10.0 Å². The first-order chi connectivity index (χ1) is 9.08. The monoisotopic (exact) mass is 300 g/mol. The average Bonchev–Trinajstić information content (AvgIpc) is 3.03. The first-order valence-corrected chi connectivity index (χ1v) is 9.14. The molecule has 19 heavy (non-hydrogen) atoms. The fraction of sp³-hybridized carbons (Fsp3) is 0.692. The maximum atomic E-state index is 12.4. The van der Waals surface area contributed by atoms with Gasteiger partial charge in [-0.25, -0.2) is 13.1 Å². The van der Waals surface area contributed by atoms with Crippen LogP contribution in [0, 0.1) is 11.8 Å². The van der Waals surface area contributed by atoms with E-state index in [1.807, 2.05) is 13.1 Å². The molecule has 0 saturated heterocycles. The molecule has 0 aliphatic heterocycles. The Morgan fingerprint density at radius 1 is 1.32 bits per heavy atom. The number of thiophene rings is 1. The van der Waals surface area contributed by atoms with Gasteiger partial charge < -0.3 is 5.32 Å². The van der Waals surface area contributed by atoms with Crippen LogP contribution in [0.4, 0.5) is 0 Å². The molecule has 2 aliphatic carbocycles. The summed E-state index contributed by atoms with van der Waals surface area (Å²) in [4.78, 5) is 1.05. The molecule has 2 N–H and O–H groups in total. The van der Waals surface area contributed by atoms with Crippen LogP contribution >= 0.6 is 11.3 Å². The van der Waals surface area contributed by atoms with Gasteiger partial charge in [0, 0.05) is 17.5 Å². The SMILES string of the molecule is CNCc1ccc(S(=O)(=O)NC2CC3CCC2C3)s1. The van der Waals surface area contributed by atoms with Gasteiger partial charge in [0.15, 0.2) is 0 Å². The van der Waals surface area contributed by atoms with Crippen molar-refractivity contribution in [1.82, 2.24) is 10.0 Å². The average molecular weight is 300 g/mol. The van der Waals surface area contributed by atoms with Crippen LogP contribution in [-0.2, 0) is 16.6 Å². The van der Waals surface area contributed by atoms with Gasteiger partial charge >= 0.3 is 0 Å². The maximum absolute atomic E-state index is 12.4. The van der Waals surface area contributed by atoms with E-state index in [9.17, 15) is 8.42 Å². The minimum Gasteiger partial charge on any atom is -0.315 e. The lowest BCUT2D eigenvalue weighted by Crippen LogP contribution is -2.38. The Morgan fingerprint density at radius 3 is 2.79 bits per heavy atom. The molecule has 0 radical (unpaired) electrons. The Balaban J connectivity index is 1.71. The van der Waals surface area contributed by atoms with Crippen LogP contribution in [0.25, 0.3) is 0 Å². The Morgan fingerprint density at radius 2 is 2.16 bits per heavy atom. The van der Waals surface area contributed by atoms with Crippen molar-refractivity contribution in [2.75, 3.05) is 7.05 Å². The van der Waals surface area contributed by atoms with Crippen LogP contribution in [-0.4, -0.2) is 21.5 Å². The molecule has 6 heteroatoms. The van der Waals surface area contributed by atoms with Crippen molar-refractivity contribution < 1.29 is 8.42 Å². The Hall–Kier alpha value is -0.430. The summed E-state index contributed by atoms with van der Waals surface area (Å²) < 4.78 is 28.1. The summed E-state index contributed by atoms with van der Waals surface area (Å²) in [5.41, 5.74) is 0. The Bertz CT molecular complexity index is 553. The van der Waals surface area contributed by atoms with Gasteiger partial charge in [0.25, 0.3) is 0 Å². The van der Waals surface area contributed by atoms with E-state index in [4.69, 9.17) is 0 Å². The highest BCUT2D eigenvalue weighted by Gasteiger charge is 2.41. The maximum Gasteiger partial charge on any atom is 0.250 e. The van der Waals surface area contributed by atoms with Gasteiger partial charge in [-0.15, -0.1) is 11.3 Å². The second-order valence-corrected chi connectivity index (χ2v) is 8.76. The normalized spacial score (nSPS) is 30.1. The molecule has 2 saturated carbocycles. The molecular formula is C13H20N2O2S2. The third-order valence-corrected chi connectivity index (χ3v) is 7.36. The van der Waals surface area contributed by atoms with Crippen LogP contribution < -0.4 is 10.0 Å². The number of hydrogen-bond acceptors (Lipinski definition) is 4. The minimum absolute atomic E-state index is 0.165. The zero-order chi connectivity index (χ0) is 13.5. The summed E-state index contributed by atoms with van der Waals surface area (Å²) in [6.45, 7) is 0.717. The smallest absolute Gasteiger partial charge is 0.250 e. The van der Waals surface area contributed by atoms with Gasteiger partial charge in [-0.1, -0.05) is 6.42 Å². The van der Waals surface area contributed by atoms with Crippen LogP contribution in [0.1, 0.15) is 30.6 Å². The van der Waals surface area contributed by atoms with Crippen molar-refractivity contribution in [3.8, 4) is 0 Å². The molecule has 1 heterocycles. The van der Waals surface area contributed by atoms with Crippen LogP contribution in [0.5, 0.6) is 0 Å². The van der Waals surface area contributed by atoms with Crippen LogP contribution in [0.15, 0.2) is 16.3 Å². The summed E-state index contributed by atoms with van der Waals surface area (Å²) in [6, 6.07) is 3.77. The molecule has 1 aromatic rings. The molecular weight excluding hydrogens is 280 g/mol. The first kappa shape index (κ1) is 13.5. The lowest BCUT2D eigenvalue weighted by molar-refractivity contribution is 0.390. The molecule has 106 valence electrons. The minimum atomic E-state index is -3.32. The van der Waals surface area contributed by atoms with Crippen molar-refractivity contribution in [3.63, 3.8) is 0 Å². The topological polar surface area (TPSA) is 58.2 Å². The largest absolute Gasteiger partial charge is 0.315 e. The van der Waals surface area contributed by atoms with Crippen LogP contribution in [0.2, 0.25) is 0 Å². The highest BCUT2D eigenvalue weighted by Crippen LogP contribution is 2.44. The molecule has 4 nitrogen and oxygen atoms in total. The van der Waals surface area contributed by atoms with E-state index >= 15 is 0 Å². The summed E-state index contributed by atoms with van der Waals surface area (Å²) in [5.74, 6) is 1.32. The third kappa shape index (κ3) is 2.72. The van der Waals surface area contributed by atoms with Gasteiger partial charge in [-0.3, -0.25) is 0 Å². The number of sulfonamides is 1. The van der Waals surface area contributed by atoms with E-state index in [2.05, 4.69) is 10.0 Å². The molecule has 2 fully saturated rings. The van der Waals surface area contributed by atoms with Crippen molar-refractivity contribution in [2.24, 2.45) is 11.8 Å². The summed E-state index contributed by atoms with van der Waals surface area (Å²) in [6.07, 6.45) is 4.71. The standard InChI is InChI=1S/C13H20N2O2S2/c1-14-8-11-4-5-13(18-11)19(16,17)15-12-7-9-2-3-10(12)6-9/h4-5,9-10,12,14-15H,2-3,6-8H2,1H3. The third-order valence-electron chi connectivity index (χ3n) is 4.30. The van der Waals surface area contributed by atoms with Gasteiger partial charge in [-0.2, -0.15) is 0 Å². The first-order valence-electron chi connectivity index (χ1n) is 6.84. The lowest BCUT2D eigenvalue weighted by Gasteiger charge is -2.22. The predicted octanol–water partition coefficient (Wildman–Crippen LogP) is 1.93. The highest BCUT2D eigenvalue weighted by atomic mass is 32.2. The van der Waals surface area contributed by atoms with Gasteiger partial charge in [0.2, 0.25) is 10.0 Å². The molecule has 1 aromatic heterocycles. The quantitative estimate of drug-likeness (QED) is 0.873. The summed E-state index contributed by atoms with van der Waals surface area (Å²) >= 11 is 1.35. The predicted molar refractivity (Wildman–Crippen MR) is 76.6 cm³/mol. The fourth-order valence-electron chi connectivity index (χ4n) is 3.42. The van der Waals surface area contributed by atoms with Gasteiger partial charge in [0.1, 0.15) is 4.21 Å². The second-order valence-electron chi connectivity index (χ2n) is 5.65. The molecule has 0 amide bonds. The van der Waals surface area contributed by atoms with E-state index in [0.29, 0.717) is 16.7 Å². The second kappa shape index (κ2) is 5.16. The van der Waals surface area contributed by atoms with E-state index in [1.54, 1.807) is 6.07 Å². The zero-order valence-corrected chi connectivity index (χ0v) is 12.7. The molecule has 3 rings (SSSR count). The lowest BCUT2D eigenvalue weighted by atomic mass is 9.96. The molecule has 0 spiro atoms. The van der Waals surface area contributed by atoms with E-state index in [0.717, 1.165) is 17.2 Å². The molecule has 3 unspecified atom stereocenters. The molecule has 2 aliphatic rings. The molecule has 2 bridgehead atoms. The van der Waals surface area contributed by atoms with Gasteiger partial charge in [-0.05, 0) is 50.3 Å². The van der Waals surface area contributed by atoms with E-state index in [1.165, 1.54) is 30.6 Å². The Kier molecular flexibility index (Phi) is 3.68. The highest BCUT2D eigenvalue weighted by molar-refractivity contribution is 7.91. The summed E-state index contributed by atoms with van der Waals surface area (Å²) in [5, 5.41) is 3.04. The number of hydrogen-bond donors (Lipinski definition) is 2. The zero-order valence-electron chi connectivity index (χ0n) is 11.1. The van der Waals surface area contributed by atoms with Crippen molar-refractivity contribution >= 4 is 21.4 Å². The number of nitrogens with one attached hydrogen (secondary N) is 2. The summed E-state index contributed by atoms with van der Waals surface area (Å²) in [7, 11) is -1.46. The molecule has 3 atom stereocenters. The molecule has 0 aromatic carbocycles. The van der Waals surface area contributed by atoms with Crippen LogP contribution in [0.3, 0.4) is 0 Å². The van der Waals surface area contributed by atoms with E-state index in [-0.39, 0.29) is 6.04 Å². The number of fused-ring (bicyclic) bond motifs is 2. The van der Waals surface area contributed by atoms with Crippen molar-refractivity contribution in [1.29, 1.82) is 0 Å². The van der Waals surface area contributed by atoms with Crippen molar-refractivity contribution in [3.05, 3.63) is 17.0 Å².